The van der Waals surface area contributed by atoms with Gasteiger partial charge in [0.15, 0.2) is 0 Å². The highest BCUT2D eigenvalue weighted by molar-refractivity contribution is 7.68. The van der Waals surface area contributed by atoms with E-state index in [9.17, 15) is 9.67 Å². The zero-order chi connectivity index (χ0) is 17.9. The van der Waals surface area contributed by atoms with Gasteiger partial charge in [0.25, 0.3) is 7.37 Å². The van der Waals surface area contributed by atoms with Crippen molar-refractivity contribution >= 4 is 12.7 Å². The minimum atomic E-state index is -2.99. The van der Waals surface area contributed by atoms with Crippen molar-refractivity contribution in [3.63, 3.8) is 0 Å². The molecule has 0 spiro atoms. The molecule has 0 radical (unpaired) electrons. The maximum absolute atomic E-state index is 13.4. The normalized spacial score (nSPS) is 13.4. The molecule has 0 bridgehead atoms. The third-order valence-electron chi connectivity index (χ3n) is 4.09. The van der Waals surface area contributed by atoms with Crippen molar-refractivity contribution in [2.75, 3.05) is 0 Å². The fourth-order valence-corrected chi connectivity index (χ4v) is 4.55. The van der Waals surface area contributed by atoms with E-state index in [0.717, 1.165) is 16.4 Å². The molecule has 3 rings (SSSR count). The molecule has 25 heavy (non-hydrogen) atoms. The topological polar surface area (TPSA) is 46.5 Å². The fraction of sp³-hybridized carbons (Fsp3) is 0.143. The van der Waals surface area contributed by atoms with Gasteiger partial charge in [0, 0.05) is 11.0 Å². The molecule has 1 atom stereocenters. The van der Waals surface area contributed by atoms with Crippen molar-refractivity contribution in [3.8, 4) is 22.6 Å². The van der Waals surface area contributed by atoms with E-state index in [0.29, 0.717) is 5.75 Å². The molecular formula is C21H21O3P. The Morgan fingerprint density at radius 3 is 1.84 bits per heavy atom. The summed E-state index contributed by atoms with van der Waals surface area (Å²) in [7, 11) is -2.99. The van der Waals surface area contributed by atoms with Crippen molar-refractivity contribution in [1.29, 1.82) is 0 Å². The van der Waals surface area contributed by atoms with Crippen LogP contribution in [0.5, 0.6) is 11.5 Å². The summed E-state index contributed by atoms with van der Waals surface area (Å²) in [6.45, 7) is 3.83. The summed E-state index contributed by atoms with van der Waals surface area (Å²) in [6.07, 6.45) is 0. The second kappa shape index (κ2) is 7.16. The van der Waals surface area contributed by atoms with Crippen molar-refractivity contribution in [1.82, 2.24) is 0 Å². The minimum absolute atomic E-state index is 0.119. The number of phenols is 1. The molecule has 0 aliphatic carbocycles. The molecule has 128 valence electrons. The van der Waals surface area contributed by atoms with E-state index in [1.807, 2.05) is 80.6 Å². The minimum Gasteiger partial charge on any atom is -0.508 e. The summed E-state index contributed by atoms with van der Waals surface area (Å²) < 4.78 is 19.4. The van der Waals surface area contributed by atoms with E-state index in [1.165, 1.54) is 0 Å². The van der Waals surface area contributed by atoms with Gasteiger partial charge in [0.1, 0.15) is 11.5 Å². The van der Waals surface area contributed by atoms with Crippen LogP contribution in [-0.4, -0.2) is 10.8 Å². The Morgan fingerprint density at radius 1 is 0.800 bits per heavy atom. The molecule has 0 saturated heterocycles. The van der Waals surface area contributed by atoms with Gasteiger partial charge in [-0.1, -0.05) is 56.3 Å². The van der Waals surface area contributed by atoms with Crippen molar-refractivity contribution < 1.29 is 14.2 Å². The van der Waals surface area contributed by atoms with Crippen LogP contribution in [0.15, 0.2) is 78.9 Å². The molecule has 0 aromatic heterocycles. The number of benzene rings is 3. The van der Waals surface area contributed by atoms with Crippen LogP contribution in [-0.2, 0) is 4.57 Å². The third kappa shape index (κ3) is 3.78. The molecule has 0 aliphatic heterocycles. The Hall–Kier alpha value is -2.51. The van der Waals surface area contributed by atoms with E-state index >= 15 is 0 Å². The van der Waals surface area contributed by atoms with Gasteiger partial charge in [-0.25, -0.2) is 0 Å². The summed E-state index contributed by atoms with van der Waals surface area (Å²) in [5.74, 6) is 0.827. The van der Waals surface area contributed by atoms with Crippen molar-refractivity contribution in [2.45, 2.75) is 19.5 Å². The molecular weight excluding hydrogens is 331 g/mol. The standard InChI is InChI=1S/C21H21O3P/c1-16(2)25(23,21-6-4-3-5-7-21)24-20-14-10-18(11-15-20)17-8-12-19(22)13-9-17/h3-16,22H,1-2H3. The highest BCUT2D eigenvalue weighted by Gasteiger charge is 2.31. The molecule has 3 nitrogen and oxygen atoms in total. The SMILES string of the molecule is CC(C)P(=O)(Oc1ccc(-c2ccc(O)cc2)cc1)c1ccccc1. The van der Waals surface area contributed by atoms with Crippen LogP contribution in [0.1, 0.15) is 13.8 Å². The Bertz CT molecular complexity index is 869. The van der Waals surface area contributed by atoms with Crippen LogP contribution in [0.3, 0.4) is 0 Å². The van der Waals surface area contributed by atoms with Crippen LogP contribution in [0.25, 0.3) is 11.1 Å². The van der Waals surface area contributed by atoms with Gasteiger partial charge >= 0.3 is 0 Å². The van der Waals surface area contributed by atoms with Crippen LogP contribution < -0.4 is 9.83 Å². The van der Waals surface area contributed by atoms with Gasteiger partial charge < -0.3 is 9.63 Å². The first-order valence-electron chi connectivity index (χ1n) is 8.23. The molecule has 0 saturated carbocycles. The van der Waals surface area contributed by atoms with Crippen molar-refractivity contribution in [3.05, 3.63) is 78.9 Å². The lowest BCUT2D eigenvalue weighted by Gasteiger charge is -2.23. The fourth-order valence-electron chi connectivity index (χ4n) is 2.61. The van der Waals surface area contributed by atoms with Gasteiger partial charge in [0.2, 0.25) is 0 Å². The predicted molar refractivity (Wildman–Crippen MR) is 103 cm³/mol. The summed E-state index contributed by atoms with van der Waals surface area (Å²) in [4.78, 5) is 0. The average molecular weight is 352 g/mol. The van der Waals surface area contributed by atoms with E-state index in [1.54, 1.807) is 12.1 Å². The maximum atomic E-state index is 13.4. The Morgan fingerprint density at radius 2 is 1.32 bits per heavy atom. The highest BCUT2D eigenvalue weighted by atomic mass is 31.2. The van der Waals surface area contributed by atoms with Gasteiger partial charge in [0.05, 0.1) is 0 Å². The average Bonchev–Trinajstić information content (AvgIpc) is 2.63. The maximum Gasteiger partial charge on any atom is 0.279 e. The van der Waals surface area contributed by atoms with E-state index in [2.05, 4.69) is 0 Å². The molecule has 1 unspecified atom stereocenters. The number of phenolic OH excluding ortho intramolecular Hbond substituents is 1. The number of rotatable bonds is 5. The molecule has 0 fully saturated rings. The molecule has 3 aromatic carbocycles. The Kier molecular flexibility index (Phi) is 4.96. The lowest BCUT2D eigenvalue weighted by molar-refractivity contribution is 0.475. The summed E-state index contributed by atoms with van der Waals surface area (Å²) in [5.41, 5.74) is 1.89. The molecule has 4 heteroatoms. The second-order valence-electron chi connectivity index (χ2n) is 6.19. The zero-order valence-electron chi connectivity index (χ0n) is 14.3. The number of aromatic hydroxyl groups is 1. The van der Waals surface area contributed by atoms with E-state index in [4.69, 9.17) is 4.52 Å². The van der Waals surface area contributed by atoms with E-state index in [-0.39, 0.29) is 11.4 Å². The van der Waals surface area contributed by atoms with Gasteiger partial charge in [-0.2, -0.15) is 0 Å². The van der Waals surface area contributed by atoms with Gasteiger partial charge in [-0.05, 0) is 47.5 Å². The van der Waals surface area contributed by atoms with Crippen LogP contribution in [0, 0.1) is 0 Å². The first-order chi connectivity index (χ1) is 12.0. The van der Waals surface area contributed by atoms with Crippen LogP contribution >= 0.6 is 7.37 Å². The molecule has 0 heterocycles. The summed E-state index contributed by atoms with van der Waals surface area (Å²) >= 11 is 0. The lowest BCUT2D eigenvalue weighted by atomic mass is 10.1. The highest BCUT2D eigenvalue weighted by Crippen LogP contribution is 2.50. The number of hydrogen-bond acceptors (Lipinski definition) is 3. The number of hydrogen-bond donors (Lipinski definition) is 1. The Labute approximate surface area is 148 Å². The summed E-state index contributed by atoms with van der Waals surface area (Å²) in [6, 6.07) is 23.9. The zero-order valence-corrected chi connectivity index (χ0v) is 15.2. The quantitative estimate of drug-likeness (QED) is 0.621. The first-order valence-corrected chi connectivity index (χ1v) is 9.93. The monoisotopic (exact) mass is 352 g/mol. The van der Waals surface area contributed by atoms with Crippen LogP contribution in [0.2, 0.25) is 0 Å². The lowest BCUT2D eigenvalue weighted by Crippen LogP contribution is -2.16. The first kappa shape index (κ1) is 17.3. The third-order valence-corrected chi connectivity index (χ3v) is 6.95. The molecule has 0 amide bonds. The smallest absolute Gasteiger partial charge is 0.279 e. The van der Waals surface area contributed by atoms with E-state index < -0.39 is 7.37 Å². The molecule has 3 aromatic rings. The largest absolute Gasteiger partial charge is 0.508 e. The van der Waals surface area contributed by atoms with Gasteiger partial charge in [-0.15, -0.1) is 0 Å². The van der Waals surface area contributed by atoms with Crippen LogP contribution in [0.4, 0.5) is 0 Å². The second-order valence-corrected chi connectivity index (χ2v) is 9.11. The molecule has 1 N–H and O–H groups in total. The Balaban J connectivity index is 1.87. The summed E-state index contributed by atoms with van der Waals surface area (Å²) in [5, 5.41) is 10.1. The van der Waals surface area contributed by atoms with Crippen molar-refractivity contribution in [2.24, 2.45) is 0 Å². The predicted octanol–water partition coefficient (Wildman–Crippen LogP) is 5.45. The van der Waals surface area contributed by atoms with Gasteiger partial charge in [-0.3, -0.25) is 4.57 Å². The molecule has 0 aliphatic rings.